The third kappa shape index (κ3) is 4.07. The molecule has 3 nitrogen and oxygen atoms in total. The van der Waals surface area contributed by atoms with E-state index in [1.165, 1.54) is 28.7 Å². The molecule has 0 saturated heterocycles. The summed E-state index contributed by atoms with van der Waals surface area (Å²) in [7, 11) is 0. The monoisotopic (exact) mass is 360 g/mol. The average molecular weight is 361 g/mol. The minimum absolute atomic E-state index is 0.0275. The van der Waals surface area contributed by atoms with Gasteiger partial charge in [-0.25, -0.2) is 4.98 Å². The number of carbonyl (C=O) groups is 1. The fourth-order valence-electron chi connectivity index (χ4n) is 2.08. The number of aryl methyl sites for hydroxylation is 1. The van der Waals surface area contributed by atoms with Gasteiger partial charge in [0, 0.05) is 9.79 Å². The number of carbonyl (C=O) groups excluding carboxylic acids is 1. The summed E-state index contributed by atoms with van der Waals surface area (Å²) < 4.78 is 1.10. The second-order valence-electron chi connectivity index (χ2n) is 4.98. The number of benzene rings is 2. The lowest BCUT2D eigenvalue weighted by Crippen LogP contribution is -2.13. The Hall–Kier alpha value is -1.50. The molecule has 23 heavy (non-hydrogen) atoms. The number of hydrogen-bond donors (Lipinski definition) is 1. The van der Waals surface area contributed by atoms with Crippen molar-refractivity contribution in [3.05, 3.63) is 48.0 Å². The van der Waals surface area contributed by atoms with Gasteiger partial charge in [0.2, 0.25) is 5.91 Å². The quantitative estimate of drug-likeness (QED) is 0.646. The van der Waals surface area contributed by atoms with E-state index in [4.69, 9.17) is 0 Å². The third-order valence-corrected chi connectivity index (χ3v) is 5.96. The highest BCUT2D eigenvalue weighted by atomic mass is 32.2. The molecular formula is C17H16N2OS3. The summed E-state index contributed by atoms with van der Waals surface area (Å²) in [6.07, 6.45) is 2.03. The molecule has 0 fully saturated rings. The molecule has 1 N–H and O–H groups in total. The maximum atomic E-state index is 12.1. The number of amides is 1. The number of anilines is 1. The van der Waals surface area contributed by atoms with Crippen molar-refractivity contribution in [3.63, 3.8) is 0 Å². The van der Waals surface area contributed by atoms with Gasteiger partial charge in [-0.1, -0.05) is 35.1 Å². The van der Waals surface area contributed by atoms with Crippen LogP contribution in [0.4, 0.5) is 5.13 Å². The Labute approximate surface area is 147 Å². The zero-order valence-electron chi connectivity index (χ0n) is 12.8. The van der Waals surface area contributed by atoms with Gasteiger partial charge in [0.15, 0.2) is 5.13 Å². The number of thiazole rings is 1. The van der Waals surface area contributed by atoms with Gasteiger partial charge < -0.3 is 5.32 Å². The standard InChI is InChI=1S/C17H16N2OS3/c1-11-6-8-12(9-7-11)22-10-15(20)18-17-19-16-13(21-2)4-3-5-14(16)23-17/h3-9H,10H2,1-2H3,(H,18,19,20). The summed E-state index contributed by atoms with van der Waals surface area (Å²) in [5.41, 5.74) is 2.18. The maximum Gasteiger partial charge on any atom is 0.236 e. The molecule has 3 aromatic rings. The van der Waals surface area contributed by atoms with Crippen molar-refractivity contribution in [2.24, 2.45) is 0 Å². The van der Waals surface area contributed by atoms with E-state index in [0.717, 1.165) is 20.0 Å². The molecule has 0 unspecified atom stereocenters. The Kier molecular flexibility index (Phi) is 5.25. The van der Waals surface area contributed by atoms with Crippen molar-refractivity contribution in [1.82, 2.24) is 4.98 Å². The van der Waals surface area contributed by atoms with Crippen LogP contribution in [0.5, 0.6) is 0 Å². The van der Waals surface area contributed by atoms with Crippen molar-refractivity contribution >= 4 is 56.1 Å². The van der Waals surface area contributed by atoms with Gasteiger partial charge in [0.25, 0.3) is 0 Å². The summed E-state index contributed by atoms with van der Waals surface area (Å²) in [6, 6.07) is 14.3. The Balaban J connectivity index is 1.64. The summed E-state index contributed by atoms with van der Waals surface area (Å²) >= 11 is 4.71. The van der Waals surface area contributed by atoms with Gasteiger partial charge in [0.05, 0.1) is 16.0 Å². The lowest BCUT2D eigenvalue weighted by molar-refractivity contribution is -0.113. The molecule has 3 rings (SSSR count). The van der Waals surface area contributed by atoms with E-state index >= 15 is 0 Å². The number of aromatic nitrogens is 1. The van der Waals surface area contributed by atoms with Crippen molar-refractivity contribution in [2.75, 3.05) is 17.3 Å². The number of fused-ring (bicyclic) bond motifs is 1. The fourth-order valence-corrected chi connectivity index (χ4v) is 4.32. The summed E-state index contributed by atoms with van der Waals surface area (Å²) in [4.78, 5) is 18.9. The molecule has 0 aliphatic carbocycles. The smallest absolute Gasteiger partial charge is 0.236 e. The van der Waals surface area contributed by atoms with Crippen LogP contribution in [0.3, 0.4) is 0 Å². The highest BCUT2D eigenvalue weighted by Crippen LogP contribution is 2.32. The van der Waals surface area contributed by atoms with Crippen LogP contribution in [-0.4, -0.2) is 22.9 Å². The zero-order chi connectivity index (χ0) is 16.2. The number of thioether (sulfide) groups is 2. The number of hydrogen-bond acceptors (Lipinski definition) is 5. The van der Waals surface area contributed by atoms with Crippen molar-refractivity contribution < 1.29 is 4.79 Å². The Morgan fingerprint density at radius 1 is 1.22 bits per heavy atom. The van der Waals surface area contributed by atoms with Gasteiger partial charge in [-0.05, 0) is 37.4 Å². The summed E-state index contributed by atoms with van der Waals surface area (Å²) in [5.74, 6) is 0.356. The van der Waals surface area contributed by atoms with Crippen LogP contribution < -0.4 is 5.32 Å². The second kappa shape index (κ2) is 7.38. The third-order valence-electron chi connectivity index (χ3n) is 3.24. The molecule has 0 spiro atoms. The van der Waals surface area contributed by atoms with Gasteiger partial charge in [-0.15, -0.1) is 23.5 Å². The molecule has 0 aliphatic rings. The highest BCUT2D eigenvalue weighted by molar-refractivity contribution is 8.00. The lowest BCUT2D eigenvalue weighted by Gasteiger charge is -2.02. The predicted octanol–water partition coefficient (Wildman–Crippen LogP) is 5.06. The molecular weight excluding hydrogens is 344 g/mol. The first kappa shape index (κ1) is 16.4. The Morgan fingerprint density at radius 3 is 2.74 bits per heavy atom. The molecule has 0 saturated carbocycles. The van der Waals surface area contributed by atoms with Gasteiger partial charge in [-0.3, -0.25) is 4.79 Å². The molecule has 0 bridgehead atoms. The molecule has 0 radical (unpaired) electrons. The van der Waals surface area contributed by atoms with Crippen LogP contribution >= 0.6 is 34.9 Å². The van der Waals surface area contributed by atoms with Gasteiger partial charge in [0.1, 0.15) is 0 Å². The minimum atomic E-state index is -0.0275. The molecule has 1 amide bonds. The first-order valence-corrected chi connectivity index (χ1v) is 10.1. The van der Waals surface area contributed by atoms with E-state index in [-0.39, 0.29) is 5.91 Å². The molecule has 0 aliphatic heterocycles. The summed E-state index contributed by atoms with van der Waals surface area (Å²) in [6.45, 7) is 2.05. The first-order valence-electron chi connectivity index (χ1n) is 7.08. The van der Waals surface area contributed by atoms with Crippen molar-refractivity contribution in [3.8, 4) is 0 Å². The minimum Gasteiger partial charge on any atom is -0.301 e. The van der Waals surface area contributed by atoms with E-state index in [1.807, 2.05) is 36.6 Å². The average Bonchev–Trinajstić information content (AvgIpc) is 2.96. The number of para-hydroxylation sites is 1. The normalized spacial score (nSPS) is 10.9. The van der Waals surface area contributed by atoms with Crippen molar-refractivity contribution in [2.45, 2.75) is 16.7 Å². The van der Waals surface area contributed by atoms with Crippen LogP contribution in [-0.2, 0) is 4.79 Å². The molecule has 6 heteroatoms. The molecule has 2 aromatic carbocycles. The van der Waals surface area contributed by atoms with Crippen LogP contribution in [0.1, 0.15) is 5.56 Å². The second-order valence-corrected chi connectivity index (χ2v) is 7.90. The summed E-state index contributed by atoms with van der Waals surface area (Å²) in [5, 5.41) is 3.57. The van der Waals surface area contributed by atoms with Gasteiger partial charge in [-0.2, -0.15) is 0 Å². The number of rotatable bonds is 5. The topological polar surface area (TPSA) is 42.0 Å². The molecule has 0 atom stereocenters. The van der Waals surface area contributed by atoms with Gasteiger partial charge >= 0.3 is 0 Å². The van der Waals surface area contributed by atoms with E-state index in [9.17, 15) is 4.79 Å². The fraction of sp³-hybridized carbons (Fsp3) is 0.176. The van der Waals surface area contributed by atoms with Crippen LogP contribution in [0.2, 0.25) is 0 Å². The number of nitrogens with one attached hydrogen (secondary N) is 1. The predicted molar refractivity (Wildman–Crippen MR) is 102 cm³/mol. The SMILES string of the molecule is CSc1cccc2sc(NC(=O)CSc3ccc(C)cc3)nc12. The van der Waals surface area contributed by atoms with E-state index in [1.54, 1.807) is 11.8 Å². The molecule has 1 aromatic heterocycles. The molecule has 118 valence electrons. The van der Waals surface area contributed by atoms with Crippen LogP contribution in [0.15, 0.2) is 52.3 Å². The van der Waals surface area contributed by atoms with E-state index in [2.05, 4.69) is 29.4 Å². The highest BCUT2D eigenvalue weighted by Gasteiger charge is 2.10. The Morgan fingerprint density at radius 2 is 2.00 bits per heavy atom. The number of nitrogens with zero attached hydrogens (tertiary/aromatic N) is 1. The maximum absolute atomic E-state index is 12.1. The van der Waals surface area contributed by atoms with E-state index in [0.29, 0.717) is 10.9 Å². The van der Waals surface area contributed by atoms with Crippen molar-refractivity contribution in [1.29, 1.82) is 0 Å². The van der Waals surface area contributed by atoms with Crippen LogP contribution in [0.25, 0.3) is 10.2 Å². The zero-order valence-corrected chi connectivity index (χ0v) is 15.3. The molecule has 1 heterocycles. The first-order chi connectivity index (χ1) is 11.2. The largest absolute Gasteiger partial charge is 0.301 e. The Bertz CT molecular complexity index is 827. The van der Waals surface area contributed by atoms with E-state index < -0.39 is 0 Å². The lowest BCUT2D eigenvalue weighted by atomic mass is 10.2. The van der Waals surface area contributed by atoms with Crippen LogP contribution in [0, 0.1) is 6.92 Å².